The Morgan fingerprint density at radius 2 is 0.683 bits per heavy atom. The molecule has 6 heteroatoms. The third kappa shape index (κ3) is 45.7. The Morgan fingerprint density at radius 1 is 0.350 bits per heavy atom. The van der Waals surface area contributed by atoms with Crippen LogP contribution in [0.5, 0.6) is 0 Å². The third-order valence-corrected chi connectivity index (χ3v) is 10.1. The van der Waals surface area contributed by atoms with E-state index in [2.05, 4.69) is 93.7 Å². The zero-order valence-electron chi connectivity index (χ0n) is 38.9. The Balaban J connectivity index is 4.49. The number of carbonyl (C=O) groups is 3. The molecule has 0 aromatic rings. The van der Waals surface area contributed by atoms with Crippen LogP contribution in [0.4, 0.5) is 0 Å². The lowest BCUT2D eigenvalue weighted by Gasteiger charge is -2.18. The molecule has 0 heterocycles. The van der Waals surface area contributed by atoms with E-state index in [0.717, 1.165) is 89.9 Å². The quantitative estimate of drug-likeness (QED) is 0.0263. The highest BCUT2D eigenvalue weighted by molar-refractivity contribution is 5.71. The summed E-state index contributed by atoms with van der Waals surface area (Å²) in [6.07, 6.45) is 61.5. The Hall–Kier alpha value is -3.41. The molecule has 0 saturated carbocycles. The van der Waals surface area contributed by atoms with Crippen LogP contribution in [0, 0.1) is 0 Å². The van der Waals surface area contributed by atoms with Gasteiger partial charge in [-0.1, -0.05) is 202 Å². The second kappa shape index (κ2) is 48.3. The molecule has 0 bridgehead atoms. The van der Waals surface area contributed by atoms with E-state index in [4.69, 9.17) is 14.2 Å². The second-order valence-electron chi connectivity index (χ2n) is 16.0. The smallest absolute Gasteiger partial charge is 0.306 e. The molecule has 1 unspecified atom stereocenters. The summed E-state index contributed by atoms with van der Waals surface area (Å²) in [6.45, 7) is 6.41. The maximum absolute atomic E-state index is 12.7. The van der Waals surface area contributed by atoms with Gasteiger partial charge in [0.2, 0.25) is 0 Å². The van der Waals surface area contributed by atoms with E-state index < -0.39 is 6.10 Å². The minimum atomic E-state index is -0.808. The summed E-state index contributed by atoms with van der Waals surface area (Å²) in [4.78, 5) is 37.8. The van der Waals surface area contributed by atoms with Crippen molar-refractivity contribution >= 4 is 17.9 Å². The predicted octanol–water partition coefficient (Wildman–Crippen LogP) is 16.0. The molecule has 1 atom stereocenters. The lowest BCUT2D eigenvalue weighted by molar-refractivity contribution is -0.166. The normalized spacial score (nSPS) is 12.8. The van der Waals surface area contributed by atoms with E-state index in [0.29, 0.717) is 19.3 Å². The van der Waals surface area contributed by atoms with Gasteiger partial charge in [0.1, 0.15) is 13.2 Å². The molecule has 0 aromatic carbocycles. The van der Waals surface area contributed by atoms with Crippen molar-refractivity contribution in [1.82, 2.24) is 0 Å². The first-order valence-corrected chi connectivity index (χ1v) is 24.6. The van der Waals surface area contributed by atoms with Crippen molar-refractivity contribution in [3.63, 3.8) is 0 Å². The predicted molar refractivity (Wildman–Crippen MR) is 256 cm³/mol. The molecule has 0 fully saturated rings. The molecule has 0 aromatic heterocycles. The third-order valence-electron chi connectivity index (χ3n) is 10.1. The van der Waals surface area contributed by atoms with E-state index in [9.17, 15) is 14.4 Å². The zero-order chi connectivity index (χ0) is 43.7. The van der Waals surface area contributed by atoms with Crippen molar-refractivity contribution in [2.75, 3.05) is 13.2 Å². The SMILES string of the molecule is CC/C=C\C/C=C\C/C=C\C/C=C\C/C=C\C/C=C\CCC(=O)OCC(COC(=O)CCCCCCCCCCCC)OC(=O)CCCCCCC/C=C\CCCCCC. The van der Waals surface area contributed by atoms with Crippen LogP contribution in [0.1, 0.15) is 220 Å². The Bertz CT molecular complexity index is 1190. The van der Waals surface area contributed by atoms with Crippen molar-refractivity contribution < 1.29 is 28.6 Å². The summed E-state index contributed by atoms with van der Waals surface area (Å²) in [6, 6.07) is 0. The number of carbonyl (C=O) groups excluding carboxylic acids is 3. The van der Waals surface area contributed by atoms with Crippen LogP contribution in [0.3, 0.4) is 0 Å². The summed E-state index contributed by atoms with van der Waals surface area (Å²) in [7, 11) is 0. The van der Waals surface area contributed by atoms with Gasteiger partial charge in [-0.3, -0.25) is 14.4 Å². The molecule has 0 aliphatic rings. The Morgan fingerprint density at radius 3 is 1.13 bits per heavy atom. The zero-order valence-corrected chi connectivity index (χ0v) is 38.9. The van der Waals surface area contributed by atoms with Crippen LogP contribution in [-0.2, 0) is 28.6 Å². The van der Waals surface area contributed by atoms with Gasteiger partial charge in [-0.15, -0.1) is 0 Å². The topological polar surface area (TPSA) is 78.9 Å². The fourth-order valence-electron chi connectivity index (χ4n) is 6.46. The maximum atomic E-state index is 12.7. The van der Waals surface area contributed by atoms with Crippen LogP contribution in [-0.4, -0.2) is 37.2 Å². The highest BCUT2D eigenvalue weighted by Gasteiger charge is 2.19. The molecule has 0 rings (SSSR count). The number of rotatable bonds is 43. The van der Waals surface area contributed by atoms with E-state index in [1.54, 1.807) is 0 Å². The first-order chi connectivity index (χ1) is 29.5. The molecule has 0 amide bonds. The van der Waals surface area contributed by atoms with Gasteiger partial charge >= 0.3 is 17.9 Å². The molecule has 0 saturated heterocycles. The first kappa shape index (κ1) is 56.6. The summed E-state index contributed by atoms with van der Waals surface area (Å²) in [5, 5.41) is 0. The van der Waals surface area contributed by atoms with Gasteiger partial charge in [0, 0.05) is 19.3 Å². The number of ether oxygens (including phenoxy) is 3. The van der Waals surface area contributed by atoms with Crippen LogP contribution in [0.25, 0.3) is 0 Å². The van der Waals surface area contributed by atoms with Gasteiger partial charge in [0.05, 0.1) is 0 Å². The van der Waals surface area contributed by atoms with E-state index in [1.807, 2.05) is 12.2 Å². The lowest BCUT2D eigenvalue weighted by Crippen LogP contribution is -2.30. The van der Waals surface area contributed by atoms with Crippen molar-refractivity contribution in [2.24, 2.45) is 0 Å². The van der Waals surface area contributed by atoms with Gasteiger partial charge in [-0.05, 0) is 83.5 Å². The number of unbranched alkanes of at least 4 members (excludes halogenated alkanes) is 18. The van der Waals surface area contributed by atoms with Crippen LogP contribution in [0.2, 0.25) is 0 Å². The van der Waals surface area contributed by atoms with Gasteiger partial charge in [0.25, 0.3) is 0 Å². The van der Waals surface area contributed by atoms with Crippen LogP contribution < -0.4 is 0 Å². The maximum Gasteiger partial charge on any atom is 0.306 e. The van der Waals surface area contributed by atoms with Crippen LogP contribution >= 0.6 is 0 Å². The van der Waals surface area contributed by atoms with Crippen molar-refractivity contribution in [3.05, 3.63) is 85.1 Å². The molecule has 0 spiro atoms. The Labute approximate surface area is 369 Å². The number of hydrogen-bond acceptors (Lipinski definition) is 6. The average molecular weight is 835 g/mol. The highest BCUT2D eigenvalue weighted by Crippen LogP contribution is 2.13. The standard InChI is InChI=1S/C54H90O6/c1-4-7-10-13-16-19-22-24-25-26-27-28-29-31-32-35-38-41-44-47-53(56)59-50-51(49-58-52(55)46-43-40-37-34-21-18-15-12-9-6-3)60-54(57)48-45-42-39-36-33-30-23-20-17-14-11-8-5-2/h7,10,16,19-20,23-25,27-28,31-32,38,41,51H,4-6,8-9,11-15,17-18,21-22,26,29-30,33-37,39-40,42-50H2,1-3H3/b10-7-,19-16-,23-20-,25-24-,28-27-,32-31-,41-38-. The molecular formula is C54H90O6. The molecule has 0 aliphatic carbocycles. The summed E-state index contributed by atoms with van der Waals surface area (Å²) < 4.78 is 16.7. The van der Waals surface area contributed by atoms with Crippen molar-refractivity contribution in [1.29, 1.82) is 0 Å². The van der Waals surface area contributed by atoms with Crippen molar-refractivity contribution in [3.8, 4) is 0 Å². The minimum Gasteiger partial charge on any atom is -0.462 e. The minimum absolute atomic E-state index is 0.102. The first-order valence-electron chi connectivity index (χ1n) is 24.6. The second-order valence-corrected chi connectivity index (χ2v) is 16.0. The monoisotopic (exact) mass is 835 g/mol. The number of hydrogen-bond donors (Lipinski definition) is 0. The van der Waals surface area contributed by atoms with E-state index in [-0.39, 0.29) is 37.5 Å². The largest absolute Gasteiger partial charge is 0.462 e. The fourth-order valence-corrected chi connectivity index (χ4v) is 6.46. The molecule has 6 nitrogen and oxygen atoms in total. The highest BCUT2D eigenvalue weighted by atomic mass is 16.6. The Kier molecular flexibility index (Phi) is 45.5. The number of esters is 3. The van der Waals surface area contributed by atoms with E-state index in [1.165, 1.54) is 83.5 Å². The molecule has 60 heavy (non-hydrogen) atoms. The summed E-state index contributed by atoms with van der Waals surface area (Å²) in [5.41, 5.74) is 0. The van der Waals surface area contributed by atoms with Crippen molar-refractivity contribution in [2.45, 2.75) is 226 Å². The summed E-state index contributed by atoms with van der Waals surface area (Å²) >= 11 is 0. The molecule has 0 radical (unpaired) electrons. The van der Waals surface area contributed by atoms with Gasteiger partial charge in [-0.25, -0.2) is 0 Å². The number of allylic oxidation sites excluding steroid dienone is 14. The average Bonchev–Trinajstić information content (AvgIpc) is 3.24. The molecule has 342 valence electrons. The lowest BCUT2D eigenvalue weighted by atomic mass is 10.1. The molecule has 0 aliphatic heterocycles. The molecule has 0 N–H and O–H groups in total. The molecular weight excluding hydrogens is 745 g/mol. The van der Waals surface area contributed by atoms with Gasteiger partial charge in [-0.2, -0.15) is 0 Å². The van der Waals surface area contributed by atoms with Gasteiger partial charge < -0.3 is 14.2 Å². The summed E-state index contributed by atoms with van der Waals surface area (Å²) in [5.74, 6) is -1.00. The van der Waals surface area contributed by atoms with Crippen LogP contribution in [0.15, 0.2) is 85.1 Å². The fraction of sp³-hybridized carbons (Fsp3) is 0.685. The van der Waals surface area contributed by atoms with E-state index >= 15 is 0 Å². The van der Waals surface area contributed by atoms with Gasteiger partial charge in [0.15, 0.2) is 6.10 Å².